The quantitative estimate of drug-likeness (QED) is 0.680. The van der Waals surface area contributed by atoms with Gasteiger partial charge in [0.1, 0.15) is 0 Å². The third-order valence-electron chi connectivity index (χ3n) is 3.64. The van der Waals surface area contributed by atoms with Gasteiger partial charge in [-0.15, -0.1) is 0 Å². The molecule has 0 radical (unpaired) electrons. The van der Waals surface area contributed by atoms with E-state index in [2.05, 4.69) is 23.7 Å². The molecular formula is C13H13IN2O2. The van der Waals surface area contributed by atoms with E-state index in [1.165, 1.54) is 22.2 Å². The van der Waals surface area contributed by atoms with Gasteiger partial charge in [-0.25, -0.2) is 4.79 Å². The molecule has 0 spiro atoms. The number of aromatic nitrogens is 1. The first-order valence-electron chi connectivity index (χ1n) is 5.85. The summed E-state index contributed by atoms with van der Waals surface area (Å²) >= 11 is 1.64. The van der Waals surface area contributed by atoms with Crippen molar-refractivity contribution in [2.24, 2.45) is 7.05 Å². The average Bonchev–Trinajstić information content (AvgIpc) is 2.72. The number of benzene rings is 1. The van der Waals surface area contributed by atoms with Crippen LogP contribution in [0.2, 0.25) is 0 Å². The lowest BCUT2D eigenvalue weighted by Gasteiger charge is -2.26. The van der Waals surface area contributed by atoms with Crippen molar-refractivity contribution in [1.29, 1.82) is 0 Å². The van der Waals surface area contributed by atoms with Gasteiger partial charge in [0.05, 0.1) is 6.54 Å². The van der Waals surface area contributed by atoms with Gasteiger partial charge in [-0.1, -0.05) is 18.2 Å². The van der Waals surface area contributed by atoms with Crippen molar-refractivity contribution < 1.29 is 7.86 Å². The van der Waals surface area contributed by atoms with Crippen LogP contribution in [0, 0.1) is 0 Å². The van der Waals surface area contributed by atoms with E-state index >= 15 is 0 Å². The minimum absolute atomic E-state index is 0.255. The van der Waals surface area contributed by atoms with Gasteiger partial charge in [-0.2, -0.15) is 0 Å². The average molecular weight is 356 g/mol. The molecule has 0 bridgehead atoms. The fraction of sp³-hybridized carbons (Fsp3) is 0.308. The molecule has 0 saturated carbocycles. The molecule has 1 amide bonds. The molecule has 4 nitrogen and oxygen atoms in total. The molecule has 1 aromatic heterocycles. The second-order valence-electron chi connectivity index (χ2n) is 4.52. The summed E-state index contributed by atoms with van der Waals surface area (Å²) in [6.07, 6.45) is 0.626. The predicted octanol–water partition coefficient (Wildman–Crippen LogP) is 3.02. The molecule has 0 saturated heterocycles. The molecular weight excluding hydrogens is 343 g/mol. The maximum Gasteiger partial charge on any atom is 0.419 e. The molecule has 1 aliphatic rings. The van der Waals surface area contributed by atoms with Gasteiger partial charge in [0, 0.05) is 42.2 Å². The Hall–Kier alpha value is -1.24. The van der Waals surface area contributed by atoms with Gasteiger partial charge in [0.25, 0.3) is 0 Å². The number of para-hydroxylation sites is 1. The number of carbonyl (C=O) groups excluding carboxylic acids is 1. The van der Waals surface area contributed by atoms with Crippen molar-refractivity contribution in [2.45, 2.75) is 13.0 Å². The summed E-state index contributed by atoms with van der Waals surface area (Å²) in [4.78, 5) is 13.4. The highest BCUT2D eigenvalue weighted by Crippen LogP contribution is 2.30. The van der Waals surface area contributed by atoms with Crippen LogP contribution in [0.3, 0.4) is 0 Å². The largest absolute Gasteiger partial charge is 0.419 e. The Labute approximate surface area is 119 Å². The molecule has 3 rings (SSSR count). The van der Waals surface area contributed by atoms with Crippen LogP contribution in [0.25, 0.3) is 10.9 Å². The fourth-order valence-electron chi connectivity index (χ4n) is 2.74. The smallest absolute Gasteiger partial charge is 0.378 e. The number of hydrogen-bond acceptors (Lipinski definition) is 2. The van der Waals surface area contributed by atoms with Gasteiger partial charge in [-0.05, 0) is 6.07 Å². The highest BCUT2D eigenvalue weighted by atomic mass is 127. The van der Waals surface area contributed by atoms with Gasteiger partial charge in [0.2, 0.25) is 0 Å². The molecule has 94 valence electrons. The third-order valence-corrected chi connectivity index (χ3v) is 4.01. The standard InChI is InChI=1S/C13H13IN2O2/c1-15-11-5-3-2-4-9(11)10-8-16(13(17)18-14)7-6-12(10)15/h2-5H,6-8H2,1H3. The molecule has 1 aliphatic heterocycles. The zero-order valence-corrected chi connectivity index (χ0v) is 12.2. The Morgan fingerprint density at radius 1 is 1.39 bits per heavy atom. The molecule has 0 atom stereocenters. The molecule has 0 aliphatic carbocycles. The fourth-order valence-corrected chi connectivity index (χ4v) is 3.01. The van der Waals surface area contributed by atoms with Crippen LogP contribution in [0.5, 0.6) is 0 Å². The van der Waals surface area contributed by atoms with Crippen molar-refractivity contribution in [3.63, 3.8) is 0 Å². The number of carbonyl (C=O) groups is 1. The molecule has 2 aromatic rings. The number of aryl methyl sites for hydroxylation is 1. The Bertz CT molecular complexity index is 621. The van der Waals surface area contributed by atoms with E-state index in [0.29, 0.717) is 6.54 Å². The number of halogens is 1. The Morgan fingerprint density at radius 3 is 2.94 bits per heavy atom. The number of nitrogens with zero attached hydrogens (tertiary/aromatic N) is 2. The van der Waals surface area contributed by atoms with Crippen molar-refractivity contribution in [3.8, 4) is 0 Å². The van der Waals surface area contributed by atoms with Crippen LogP contribution in [0.4, 0.5) is 4.79 Å². The van der Waals surface area contributed by atoms with Crippen LogP contribution in [-0.4, -0.2) is 22.1 Å². The summed E-state index contributed by atoms with van der Waals surface area (Å²) in [6, 6.07) is 8.32. The van der Waals surface area contributed by atoms with Crippen molar-refractivity contribution in [2.75, 3.05) is 6.54 Å². The summed E-state index contributed by atoms with van der Waals surface area (Å²) < 4.78 is 7.01. The summed E-state index contributed by atoms with van der Waals surface area (Å²) in [5.41, 5.74) is 3.81. The Balaban J connectivity index is 2.10. The monoisotopic (exact) mass is 356 g/mol. The van der Waals surface area contributed by atoms with Gasteiger partial charge < -0.3 is 12.5 Å². The van der Waals surface area contributed by atoms with E-state index in [0.717, 1.165) is 13.0 Å². The van der Waals surface area contributed by atoms with Crippen LogP contribution in [0.15, 0.2) is 24.3 Å². The van der Waals surface area contributed by atoms with Gasteiger partial charge in [0.15, 0.2) is 23.0 Å². The minimum atomic E-state index is -0.255. The van der Waals surface area contributed by atoms with Crippen LogP contribution >= 0.6 is 23.0 Å². The molecule has 5 heteroatoms. The maximum atomic E-state index is 11.6. The number of hydrogen-bond donors (Lipinski definition) is 0. The van der Waals surface area contributed by atoms with Crippen molar-refractivity contribution in [1.82, 2.24) is 9.47 Å². The van der Waals surface area contributed by atoms with E-state index in [-0.39, 0.29) is 6.09 Å². The van der Waals surface area contributed by atoms with E-state index in [1.54, 1.807) is 27.9 Å². The van der Waals surface area contributed by atoms with E-state index in [1.807, 2.05) is 12.1 Å². The first-order chi connectivity index (χ1) is 8.72. The van der Waals surface area contributed by atoms with E-state index in [4.69, 9.17) is 3.07 Å². The van der Waals surface area contributed by atoms with Crippen LogP contribution < -0.4 is 0 Å². The van der Waals surface area contributed by atoms with Crippen LogP contribution in [0.1, 0.15) is 11.3 Å². The highest BCUT2D eigenvalue weighted by molar-refractivity contribution is 14.1. The zero-order valence-electron chi connectivity index (χ0n) is 10.0. The highest BCUT2D eigenvalue weighted by Gasteiger charge is 2.25. The van der Waals surface area contributed by atoms with Crippen LogP contribution in [-0.2, 0) is 23.1 Å². The molecule has 0 N–H and O–H groups in total. The van der Waals surface area contributed by atoms with Crippen molar-refractivity contribution in [3.05, 3.63) is 35.5 Å². The Morgan fingerprint density at radius 2 is 2.17 bits per heavy atom. The summed E-state index contributed by atoms with van der Waals surface area (Å²) in [6.45, 7) is 1.36. The zero-order chi connectivity index (χ0) is 12.7. The van der Waals surface area contributed by atoms with Crippen molar-refractivity contribution >= 4 is 40.0 Å². The first-order valence-corrected chi connectivity index (χ1v) is 6.73. The molecule has 18 heavy (non-hydrogen) atoms. The normalized spacial score (nSPS) is 14.7. The Kier molecular flexibility index (Phi) is 2.93. The molecule has 0 fully saturated rings. The van der Waals surface area contributed by atoms with E-state index in [9.17, 15) is 4.79 Å². The third kappa shape index (κ3) is 1.68. The first kappa shape index (κ1) is 11.8. The number of amides is 1. The lowest BCUT2D eigenvalue weighted by Crippen LogP contribution is -2.35. The molecule has 0 unspecified atom stereocenters. The summed E-state index contributed by atoms with van der Waals surface area (Å²) in [5.74, 6) is 0. The second kappa shape index (κ2) is 4.46. The van der Waals surface area contributed by atoms with E-state index < -0.39 is 0 Å². The van der Waals surface area contributed by atoms with Gasteiger partial charge >= 0.3 is 6.09 Å². The lowest BCUT2D eigenvalue weighted by atomic mass is 10.1. The second-order valence-corrected chi connectivity index (χ2v) is 4.96. The minimum Gasteiger partial charge on any atom is -0.378 e. The maximum absolute atomic E-state index is 11.6. The number of fused-ring (bicyclic) bond motifs is 3. The summed E-state index contributed by atoms with van der Waals surface area (Å²) in [5, 5.41) is 1.24. The topological polar surface area (TPSA) is 34.5 Å². The summed E-state index contributed by atoms with van der Waals surface area (Å²) in [7, 11) is 2.09. The van der Waals surface area contributed by atoms with Gasteiger partial charge in [-0.3, -0.25) is 0 Å². The molecule has 2 heterocycles. The lowest BCUT2D eigenvalue weighted by molar-refractivity contribution is 0.161. The molecule has 1 aromatic carbocycles. The predicted molar refractivity (Wildman–Crippen MR) is 77.5 cm³/mol. The SMILES string of the molecule is Cn1c2c(c3ccccc31)CN(C(=O)OI)CC2. The number of rotatable bonds is 0.